The van der Waals surface area contributed by atoms with Crippen LogP contribution in [0.2, 0.25) is 0 Å². The van der Waals surface area contributed by atoms with Crippen molar-refractivity contribution in [1.82, 2.24) is 10.3 Å². The van der Waals surface area contributed by atoms with Gasteiger partial charge in [-0.05, 0) is 43.2 Å². The van der Waals surface area contributed by atoms with Crippen molar-refractivity contribution < 1.29 is 27.5 Å². The van der Waals surface area contributed by atoms with Gasteiger partial charge >= 0.3 is 18.2 Å². The van der Waals surface area contributed by atoms with Crippen LogP contribution in [0.15, 0.2) is 53.9 Å². The van der Waals surface area contributed by atoms with E-state index in [9.17, 15) is 22.8 Å². The van der Waals surface area contributed by atoms with E-state index in [1.807, 2.05) is 13.0 Å². The second-order valence-corrected chi connectivity index (χ2v) is 6.99. The van der Waals surface area contributed by atoms with Crippen molar-refractivity contribution in [2.75, 3.05) is 11.5 Å². The molecule has 1 aromatic heterocycles. The minimum absolute atomic E-state index is 0.0491. The van der Waals surface area contributed by atoms with Gasteiger partial charge in [0, 0.05) is 11.9 Å². The molecule has 3 rings (SSSR count). The molecule has 0 bridgehead atoms. The predicted molar refractivity (Wildman–Crippen MR) is 108 cm³/mol. The van der Waals surface area contributed by atoms with E-state index in [0.717, 1.165) is 17.0 Å². The highest BCUT2D eigenvalue weighted by Gasteiger charge is 2.38. The van der Waals surface area contributed by atoms with Crippen LogP contribution in [0.4, 0.5) is 23.7 Å². The fraction of sp³-hybridized carbons (Fsp3) is 0.273. The molecule has 0 radical (unpaired) electrons. The van der Waals surface area contributed by atoms with E-state index in [0.29, 0.717) is 12.0 Å². The van der Waals surface area contributed by atoms with E-state index in [1.54, 1.807) is 0 Å². The van der Waals surface area contributed by atoms with Crippen LogP contribution in [0.25, 0.3) is 0 Å². The first-order valence-electron chi connectivity index (χ1n) is 9.69. The number of nitrogens with zero attached hydrogens (tertiary/aromatic N) is 3. The van der Waals surface area contributed by atoms with Gasteiger partial charge in [-0.2, -0.15) is 18.4 Å². The van der Waals surface area contributed by atoms with Gasteiger partial charge in [0.1, 0.15) is 11.8 Å². The smallest absolute Gasteiger partial charge is 0.416 e. The van der Waals surface area contributed by atoms with E-state index in [4.69, 9.17) is 10.00 Å². The molecule has 2 amide bonds. The number of nitrogens with one attached hydrogen (secondary N) is 1. The Hall–Kier alpha value is -3.87. The molecule has 7 nitrogen and oxygen atoms in total. The zero-order valence-corrected chi connectivity index (χ0v) is 17.2. The number of amides is 2. The Kier molecular flexibility index (Phi) is 6.48. The summed E-state index contributed by atoms with van der Waals surface area (Å²) in [5.74, 6) is -0.712. The number of carbonyl (C=O) groups excluding carboxylic acids is 2. The molecule has 0 fully saturated rings. The Bertz CT molecular complexity index is 1100. The van der Waals surface area contributed by atoms with Gasteiger partial charge in [0.05, 0.1) is 29.5 Å². The van der Waals surface area contributed by atoms with Crippen molar-refractivity contribution in [2.24, 2.45) is 0 Å². The number of pyridine rings is 1. The van der Waals surface area contributed by atoms with Crippen molar-refractivity contribution in [3.8, 4) is 6.07 Å². The maximum atomic E-state index is 13.2. The molecule has 0 spiro atoms. The number of alkyl halides is 3. The molecule has 0 aliphatic carbocycles. The minimum atomic E-state index is -4.60. The first-order valence-corrected chi connectivity index (χ1v) is 9.69. The van der Waals surface area contributed by atoms with E-state index >= 15 is 0 Å². The Morgan fingerprint density at radius 1 is 1.31 bits per heavy atom. The topological polar surface area (TPSA) is 95.3 Å². The number of urea groups is 1. The molecule has 1 aromatic carbocycles. The lowest BCUT2D eigenvalue weighted by Crippen LogP contribution is -2.48. The van der Waals surface area contributed by atoms with Gasteiger partial charge in [0.2, 0.25) is 0 Å². The van der Waals surface area contributed by atoms with E-state index in [1.165, 1.54) is 37.4 Å². The second kappa shape index (κ2) is 9.09. The van der Waals surface area contributed by atoms with Crippen LogP contribution in [-0.4, -0.2) is 23.6 Å². The highest BCUT2D eigenvalue weighted by molar-refractivity contribution is 6.03. The summed E-state index contributed by atoms with van der Waals surface area (Å²) in [5, 5.41) is 11.6. The summed E-state index contributed by atoms with van der Waals surface area (Å²) < 4.78 is 44.8. The van der Waals surface area contributed by atoms with E-state index < -0.39 is 29.8 Å². The molecule has 2 heterocycles. The maximum Gasteiger partial charge on any atom is 0.416 e. The van der Waals surface area contributed by atoms with Crippen molar-refractivity contribution in [2.45, 2.75) is 32.5 Å². The van der Waals surface area contributed by atoms with Crippen molar-refractivity contribution in [1.29, 1.82) is 5.26 Å². The van der Waals surface area contributed by atoms with Crippen LogP contribution in [-0.2, 0) is 15.7 Å². The summed E-state index contributed by atoms with van der Waals surface area (Å²) in [6.07, 6.45) is -2.69. The van der Waals surface area contributed by atoms with Gasteiger partial charge in [0.25, 0.3) is 0 Å². The number of rotatable bonds is 5. The molecule has 1 N–H and O–H groups in total. The third-order valence-electron chi connectivity index (χ3n) is 4.81. The number of nitriles is 1. The molecule has 1 atom stereocenters. The number of benzene rings is 1. The van der Waals surface area contributed by atoms with Crippen LogP contribution in [0.3, 0.4) is 0 Å². The summed E-state index contributed by atoms with van der Waals surface area (Å²) in [6, 6.07) is 7.44. The molecule has 1 aliphatic rings. The third kappa shape index (κ3) is 4.56. The van der Waals surface area contributed by atoms with Crippen molar-refractivity contribution in [3.05, 3.63) is 70.7 Å². The summed E-state index contributed by atoms with van der Waals surface area (Å²) in [6.45, 7) is 3.41. The number of esters is 1. The number of ether oxygens (including phenoxy) is 1. The number of anilines is 1. The lowest BCUT2D eigenvalue weighted by molar-refractivity contribution is -0.139. The Balaban J connectivity index is 2.12. The van der Waals surface area contributed by atoms with Gasteiger partial charge < -0.3 is 10.1 Å². The zero-order chi connectivity index (χ0) is 23.5. The van der Waals surface area contributed by atoms with Crippen LogP contribution in [0, 0.1) is 11.3 Å². The number of hydrogen-bond acceptors (Lipinski definition) is 5. The molecule has 2 aromatic rings. The number of hydrogen-bond donors (Lipinski definition) is 1. The molecule has 1 aliphatic heterocycles. The number of aromatic nitrogens is 1. The number of halogens is 3. The first-order chi connectivity index (χ1) is 15.2. The van der Waals surface area contributed by atoms with Crippen LogP contribution >= 0.6 is 0 Å². The maximum absolute atomic E-state index is 13.2. The molecule has 0 saturated heterocycles. The van der Waals surface area contributed by atoms with Gasteiger partial charge in [0.15, 0.2) is 0 Å². The summed E-state index contributed by atoms with van der Waals surface area (Å²) in [5.41, 5.74) is -0.220. The van der Waals surface area contributed by atoms with Gasteiger partial charge in [-0.1, -0.05) is 19.1 Å². The monoisotopic (exact) mass is 444 g/mol. The lowest BCUT2D eigenvalue weighted by Gasteiger charge is -2.35. The normalized spacial score (nSPS) is 16.4. The summed E-state index contributed by atoms with van der Waals surface area (Å²) in [7, 11) is 0. The first kappa shape index (κ1) is 22.8. The summed E-state index contributed by atoms with van der Waals surface area (Å²) in [4.78, 5) is 30.8. The van der Waals surface area contributed by atoms with E-state index in [2.05, 4.69) is 10.3 Å². The fourth-order valence-corrected chi connectivity index (χ4v) is 3.30. The highest BCUT2D eigenvalue weighted by Crippen LogP contribution is 2.36. The van der Waals surface area contributed by atoms with Crippen molar-refractivity contribution in [3.63, 3.8) is 0 Å². The molecule has 1 unspecified atom stereocenters. The Labute approximate surface area is 182 Å². The molecule has 32 heavy (non-hydrogen) atoms. The van der Waals surface area contributed by atoms with Crippen LogP contribution in [0.5, 0.6) is 0 Å². The molecule has 10 heteroatoms. The average Bonchev–Trinajstić information content (AvgIpc) is 2.76. The number of carbonyl (C=O) groups is 2. The third-order valence-corrected chi connectivity index (χ3v) is 4.81. The molecule has 166 valence electrons. The van der Waals surface area contributed by atoms with Gasteiger partial charge in [-0.15, -0.1) is 0 Å². The lowest BCUT2D eigenvalue weighted by atomic mass is 9.95. The quantitative estimate of drug-likeness (QED) is 0.687. The molecular weight excluding hydrogens is 425 g/mol. The average molecular weight is 444 g/mol. The predicted octanol–water partition coefficient (Wildman–Crippen LogP) is 4.47. The fourth-order valence-electron chi connectivity index (χ4n) is 3.30. The zero-order valence-electron chi connectivity index (χ0n) is 17.2. The Morgan fingerprint density at radius 3 is 2.66 bits per heavy atom. The van der Waals surface area contributed by atoms with Crippen LogP contribution in [0.1, 0.15) is 43.1 Å². The van der Waals surface area contributed by atoms with E-state index in [-0.39, 0.29) is 29.3 Å². The molecular formula is C22H19F3N4O3. The van der Waals surface area contributed by atoms with Gasteiger partial charge in [-0.3, -0.25) is 4.90 Å². The minimum Gasteiger partial charge on any atom is -0.462 e. The Morgan fingerprint density at radius 2 is 2.06 bits per heavy atom. The number of allylic oxidation sites excluding steroid dienone is 1. The second-order valence-electron chi connectivity index (χ2n) is 6.99. The van der Waals surface area contributed by atoms with Crippen molar-refractivity contribution >= 4 is 17.7 Å². The standard InChI is InChI=1S/C22H19F3N4O3/c1-3-9-32-20(30)18-13(2)29(17-6-4-5-15(10-17)22(23,24)25)21(31)28-19(18)14-7-8-16(11-26)27-12-14/h4-8,10,12,19H,3,9H2,1-2H3,(H,28,31). The largest absolute Gasteiger partial charge is 0.462 e. The van der Waals surface area contributed by atoms with Crippen LogP contribution < -0.4 is 10.2 Å². The van der Waals surface area contributed by atoms with Gasteiger partial charge in [-0.25, -0.2) is 14.6 Å². The molecule has 0 saturated carbocycles. The SMILES string of the molecule is CCCOC(=O)C1=C(C)N(c2cccc(C(F)(F)F)c2)C(=O)NC1c1ccc(C#N)nc1. The summed E-state index contributed by atoms with van der Waals surface area (Å²) >= 11 is 0. The highest BCUT2D eigenvalue weighted by atomic mass is 19.4.